The van der Waals surface area contributed by atoms with Gasteiger partial charge in [-0.25, -0.2) is 0 Å². The van der Waals surface area contributed by atoms with Crippen LogP contribution < -0.4 is 5.32 Å². The minimum Gasteiger partial charge on any atom is -0.452 e. The Morgan fingerprint density at radius 2 is 2.06 bits per heavy atom. The van der Waals surface area contributed by atoms with Crippen molar-refractivity contribution in [2.75, 3.05) is 5.32 Å². The lowest BCUT2D eigenvalue weighted by Crippen LogP contribution is -2.12. The van der Waals surface area contributed by atoms with Gasteiger partial charge in [0.2, 0.25) is 5.22 Å². The summed E-state index contributed by atoms with van der Waals surface area (Å²) in [5.74, 6) is -0.270. The van der Waals surface area contributed by atoms with E-state index in [1.165, 1.54) is 12.3 Å². The average molecular weight is 236 g/mol. The zero-order valence-corrected chi connectivity index (χ0v) is 9.41. The molecule has 0 spiro atoms. The van der Waals surface area contributed by atoms with Gasteiger partial charge in [0, 0.05) is 5.69 Å². The van der Waals surface area contributed by atoms with Crippen LogP contribution in [0.3, 0.4) is 0 Å². The maximum atomic E-state index is 11.8. The number of carbonyl (C=O) groups excluding carboxylic acids is 1. The smallest absolute Gasteiger partial charge is 0.260 e. The number of rotatable bonds is 2. The van der Waals surface area contributed by atoms with Crippen LogP contribution in [0.2, 0.25) is 5.22 Å². The first-order valence-corrected chi connectivity index (χ1v) is 5.16. The Labute approximate surface area is 98.0 Å². The molecule has 0 unspecified atom stereocenters. The molecule has 1 aromatic heterocycles. The van der Waals surface area contributed by atoms with Crippen LogP contribution in [0.1, 0.15) is 15.9 Å². The molecule has 16 heavy (non-hydrogen) atoms. The summed E-state index contributed by atoms with van der Waals surface area (Å²) in [4.78, 5) is 11.8. The number of carbonyl (C=O) groups is 1. The topological polar surface area (TPSA) is 42.2 Å². The number of halogens is 1. The molecule has 0 bridgehead atoms. The second kappa shape index (κ2) is 4.41. The van der Waals surface area contributed by atoms with E-state index in [-0.39, 0.29) is 11.1 Å². The summed E-state index contributed by atoms with van der Waals surface area (Å²) in [6.45, 7) is 1.92. The first-order valence-electron chi connectivity index (χ1n) is 4.78. The molecule has 3 nitrogen and oxygen atoms in total. The van der Waals surface area contributed by atoms with E-state index in [0.717, 1.165) is 11.3 Å². The fraction of sp³-hybridized carbons (Fsp3) is 0.0833. The summed E-state index contributed by atoms with van der Waals surface area (Å²) < 4.78 is 4.86. The van der Waals surface area contributed by atoms with E-state index in [0.29, 0.717) is 5.56 Å². The first kappa shape index (κ1) is 10.8. The second-order valence-corrected chi connectivity index (χ2v) is 3.72. The lowest BCUT2D eigenvalue weighted by molar-refractivity contribution is 0.102. The molecule has 0 aliphatic carbocycles. The quantitative estimate of drug-likeness (QED) is 0.866. The minimum absolute atomic E-state index is 0.103. The molecule has 1 heterocycles. The van der Waals surface area contributed by atoms with Crippen molar-refractivity contribution in [1.82, 2.24) is 0 Å². The molecule has 0 fully saturated rings. The Balaban J connectivity index is 2.21. The maximum absolute atomic E-state index is 11.8. The number of para-hydroxylation sites is 1. The van der Waals surface area contributed by atoms with E-state index in [1.54, 1.807) is 0 Å². The highest BCUT2D eigenvalue weighted by Crippen LogP contribution is 2.19. The van der Waals surface area contributed by atoms with Gasteiger partial charge in [-0.05, 0) is 36.2 Å². The van der Waals surface area contributed by atoms with Gasteiger partial charge >= 0.3 is 0 Å². The van der Waals surface area contributed by atoms with Crippen molar-refractivity contribution in [3.05, 3.63) is 52.9 Å². The van der Waals surface area contributed by atoms with Crippen LogP contribution in [-0.4, -0.2) is 5.91 Å². The van der Waals surface area contributed by atoms with E-state index < -0.39 is 0 Å². The SMILES string of the molecule is Cc1ccccc1NC(=O)c1ccoc1Cl. The van der Waals surface area contributed by atoms with Crippen molar-refractivity contribution in [2.45, 2.75) is 6.92 Å². The number of hydrogen-bond donors (Lipinski definition) is 1. The molecule has 0 atom stereocenters. The van der Waals surface area contributed by atoms with Gasteiger partial charge in [0.05, 0.1) is 11.8 Å². The number of aryl methyl sites for hydroxylation is 1. The molecule has 2 rings (SSSR count). The van der Waals surface area contributed by atoms with Gasteiger partial charge in [0.15, 0.2) is 0 Å². The third kappa shape index (κ3) is 2.09. The predicted molar refractivity (Wildman–Crippen MR) is 62.9 cm³/mol. The predicted octanol–water partition coefficient (Wildman–Crippen LogP) is 3.49. The molecule has 4 heteroatoms. The second-order valence-electron chi connectivity index (χ2n) is 3.38. The molecule has 2 aromatic rings. The zero-order chi connectivity index (χ0) is 11.5. The van der Waals surface area contributed by atoms with Crippen molar-refractivity contribution < 1.29 is 9.21 Å². The molecule has 0 aliphatic heterocycles. The standard InChI is InChI=1S/C12H10ClNO2/c1-8-4-2-3-5-10(8)14-12(15)9-6-7-16-11(9)13/h2-7H,1H3,(H,14,15). The highest BCUT2D eigenvalue weighted by atomic mass is 35.5. The van der Waals surface area contributed by atoms with E-state index in [2.05, 4.69) is 5.32 Å². The van der Waals surface area contributed by atoms with Crippen molar-refractivity contribution in [3.63, 3.8) is 0 Å². The number of furan rings is 1. The van der Waals surface area contributed by atoms with Gasteiger partial charge in [-0.15, -0.1) is 0 Å². The largest absolute Gasteiger partial charge is 0.452 e. The Bertz CT molecular complexity index is 519. The van der Waals surface area contributed by atoms with Crippen LogP contribution in [0.4, 0.5) is 5.69 Å². The van der Waals surface area contributed by atoms with Crippen molar-refractivity contribution in [1.29, 1.82) is 0 Å². The van der Waals surface area contributed by atoms with Crippen molar-refractivity contribution >= 4 is 23.2 Å². The highest BCUT2D eigenvalue weighted by Gasteiger charge is 2.13. The number of nitrogens with one attached hydrogen (secondary N) is 1. The molecule has 1 amide bonds. The minimum atomic E-state index is -0.270. The van der Waals surface area contributed by atoms with Crippen LogP contribution in [0.5, 0.6) is 0 Å². The Kier molecular flexibility index (Phi) is 2.97. The third-order valence-electron chi connectivity index (χ3n) is 2.26. The Hall–Kier alpha value is -1.74. The summed E-state index contributed by atoms with van der Waals surface area (Å²) in [6.07, 6.45) is 1.38. The number of amides is 1. The third-order valence-corrected chi connectivity index (χ3v) is 2.55. The van der Waals surface area contributed by atoms with Gasteiger partial charge < -0.3 is 9.73 Å². The fourth-order valence-electron chi connectivity index (χ4n) is 1.36. The average Bonchev–Trinajstić information content (AvgIpc) is 2.68. The van der Waals surface area contributed by atoms with Gasteiger partial charge in [-0.1, -0.05) is 18.2 Å². The molecule has 1 aromatic carbocycles. The number of anilines is 1. The van der Waals surface area contributed by atoms with Gasteiger partial charge in [-0.3, -0.25) is 4.79 Å². The van der Waals surface area contributed by atoms with Gasteiger partial charge in [-0.2, -0.15) is 0 Å². The molecule has 1 N–H and O–H groups in total. The van der Waals surface area contributed by atoms with Crippen LogP contribution in [0, 0.1) is 6.92 Å². The van der Waals surface area contributed by atoms with Gasteiger partial charge in [0.1, 0.15) is 0 Å². The summed E-state index contributed by atoms with van der Waals surface area (Å²) in [7, 11) is 0. The molecular formula is C12H10ClNO2. The fourth-order valence-corrected chi connectivity index (χ4v) is 1.56. The summed E-state index contributed by atoms with van der Waals surface area (Å²) in [5.41, 5.74) is 2.10. The van der Waals surface area contributed by atoms with Crippen LogP contribution >= 0.6 is 11.6 Å². The molecule has 0 aliphatic rings. The van der Waals surface area contributed by atoms with Crippen LogP contribution in [-0.2, 0) is 0 Å². The molecule has 82 valence electrons. The molecule has 0 radical (unpaired) electrons. The van der Waals surface area contributed by atoms with Crippen LogP contribution in [0.15, 0.2) is 41.0 Å². The summed E-state index contributed by atoms with van der Waals surface area (Å²) in [5, 5.41) is 2.87. The van der Waals surface area contributed by atoms with Crippen molar-refractivity contribution in [2.24, 2.45) is 0 Å². The highest BCUT2D eigenvalue weighted by molar-refractivity contribution is 6.32. The maximum Gasteiger partial charge on any atom is 0.260 e. The summed E-state index contributed by atoms with van der Waals surface area (Å²) in [6, 6.07) is 9.07. The van der Waals surface area contributed by atoms with E-state index in [4.69, 9.17) is 16.0 Å². The molecular weight excluding hydrogens is 226 g/mol. The Morgan fingerprint density at radius 1 is 1.31 bits per heavy atom. The zero-order valence-electron chi connectivity index (χ0n) is 8.66. The van der Waals surface area contributed by atoms with E-state index in [9.17, 15) is 4.79 Å². The van der Waals surface area contributed by atoms with Crippen molar-refractivity contribution in [3.8, 4) is 0 Å². The Morgan fingerprint density at radius 3 is 2.69 bits per heavy atom. The molecule has 0 saturated heterocycles. The first-order chi connectivity index (χ1) is 7.68. The van der Waals surface area contributed by atoms with E-state index in [1.807, 2.05) is 31.2 Å². The van der Waals surface area contributed by atoms with Gasteiger partial charge in [0.25, 0.3) is 5.91 Å². The number of benzene rings is 1. The lowest BCUT2D eigenvalue weighted by Gasteiger charge is -2.06. The molecule has 0 saturated carbocycles. The summed E-state index contributed by atoms with van der Waals surface area (Å²) >= 11 is 5.71. The number of hydrogen-bond acceptors (Lipinski definition) is 2. The normalized spacial score (nSPS) is 10.1. The lowest BCUT2D eigenvalue weighted by atomic mass is 10.2. The van der Waals surface area contributed by atoms with E-state index >= 15 is 0 Å². The monoisotopic (exact) mass is 235 g/mol. The van der Waals surface area contributed by atoms with Crippen LogP contribution in [0.25, 0.3) is 0 Å².